The van der Waals surface area contributed by atoms with Crippen molar-refractivity contribution in [2.24, 2.45) is 0 Å². The first-order valence-corrected chi connectivity index (χ1v) is 10.0. The number of hydrogen-bond acceptors (Lipinski definition) is 5. The van der Waals surface area contributed by atoms with Crippen molar-refractivity contribution in [3.63, 3.8) is 0 Å². The van der Waals surface area contributed by atoms with Crippen LogP contribution in [0.3, 0.4) is 0 Å². The molecule has 7 nitrogen and oxygen atoms in total. The number of nitrogens with zero attached hydrogens (tertiary/aromatic N) is 2. The summed E-state index contributed by atoms with van der Waals surface area (Å²) in [4.78, 5) is 40.6. The molecular formula is C22H24ClN3O4. The highest BCUT2D eigenvalue weighted by molar-refractivity contribution is 6.30. The number of aryl methyl sites for hydroxylation is 1. The number of methoxy groups -OCH3 is 1. The van der Waals surface area contributed by atoms with E-state index in [0.717, 1.165) is 5.56 Å². The maximum atomic E-state index is 12.6. The number of hydrogen-bond donors (Lipinski definition) is 1. The van der Waals surface area contributed by atoms with Crippen LogP contribution in [0, 0.1) is 6.92 Å². The lowest BCUT2D eigenvalue weighted by atomic mass is 10.1. The van der Waals surface area contributed by atoms with E-state index in [-0.39, 0.29) is 18.4 Å². The van der Waals surface area contributed by atoms with Crippen LogP contribution in [0.5, 0.6) is 0 Å². The van der Waals surface area contributed by atoms with E-state index in [1.54, 1.807) is 47.4 Å². The fraction of sp³-hybridized carbons (Fsp3) is 0.318. The maximum Gasteiger partial charge on any atom is 0.337 e. The van der Waals surface area contributed by atoms with Crippen molar-refractivity contribution in [3.05, 3.63) is 64.2 Å². The number of rotatable bonds is 5. The Morgan fingerprint density at radius 3 is 2.27 bits per heavy atom. The average molecular weight is 430 g/mol. The first-order valence-electron chi connectivity index (χ1n) is 9.63. The summed E-state index contributed by atoms with van der Waals surface area (Å²) in [5, 5.41) is 3.45. The standard InChI is InChI=1S/C22H24ClN3O4/c1-15-3-4-17(22(29)30-2)13-19(15)24-20(27)14-25-9-11-26(12-10-25)21(28)16-5-7-18(23)8-6-16/h3-8,13H,9-12,14H2,1-2H3,(H,24,27). The second-order valence-electron chi connectivity index (χ2n) is 7.14. The number of nitrogens with one attached hydrogen (secondary N) is 1. The molecule has 2 amide bonds. The summed E-state index contributed by atoms with van der Waals surface area (Å²) >= 11 is 5.88. The number of carbonyl (C=O) groups is 3. The summed E-state index contributed by atoms with van der Waals surface area (Å²) in [7, 11) is 1.32. The molecule has 1 fully saturated rings. The Bertz CT molecular complexity index is 938. The Hall–Kier alpha value is -2.90. The Labute approximate surface area is 180 Å². The summed E-state index contributed by atoms with van der Waals surface area (Å²) in [6, 6.07) is 11.9. The molecule has 0 unspecified atom stereocenters. The van der Waals surface area contributed by atoms with E-state index < -0.39 is 5.97 Å². The Morgan fingerprint density at radius 2 is 1.63 bits per heavy atom. The summed E-state index contributed by atoms with van der Waals surface area (Å²) in [6.45, 7) is 4.38. The van der Waals surface area contributed by atoms with E-state index in [0.29, 0.717) is 48.0 Å². The molecule has 0 bridgehead atoms. The summed E-state index contributed by atoms with van der Waals surface area (Å²) < 4.78 is 4.73. The summed E-state index contributed by atoms with van der Waals surface area (Å²) in [5.74, 6) is -0.657. The van der Waals surface area contributed by atoms with E-state index in [2.05, 4.69) is 5.32 Å². The van der Waals surface area contributed by atoms with Crippen LogP contribution in [-0.4, -0.2) is 67.4 Å². The third-order valence-electron chi connectivity index (χ3n) is 5.05. The molecule has 0 radical (unpaired) electrons. The van der Waals surface area contributed by atoms with Gasteiger partial charge in [0.1, 0.15) is 0 Å². The molecule has 1 heterocycles. The van der Waals surface area contributed by atoms with Gasteiger partial charge in [-0.05, 0) is 48.9 Å². The smallest absolute Gasteiger partial charge is 0.337 e. The predicted molar refractivity (Wildman–Crippen MR) is 115 cm³/mol. The number of benzene rings is 2. The van der Waals surface area contributed by atoms with Crippen LogP contribution in [0.15, 0.2) is 42.5 Å². The summed E-state index contributed by atoms with van der Waals surface area (Å²) in [5.41, 5.74) is 2.42. The highest BCUT2D eigenvalue weighted by Crippen LogP contribution is 2.18. The van der Waals surface area contributed by atoms with E-state index in [4.69, 9.17) is 16.3 Å². The van der Waals surface area contributed by atoms with Gasteiger partial charge in [-0.3, -0.25) is 14.5 Å². The molecule has 3 rings (SSSR count). The normalized spacial score (nSPS) is 14.3. The van der Waals surface area contributed by atoms with Gasteiger partial charge in [0.05, 0.1) is 19.2 Å². The quantitative estimate of drug-likeness (QED) is 0.739. The minimum absolute atomic E-state index is 0.0361. The predicted octanol–water partition coefficient (Wildman–Crippen LogP) is 2.83. The zero-order valence-electron chi connectivity index (χ0n) is 17.0. The molecule has 0 aliphatic carbocycles. The Morgan fingerprint density at radius 1 is 1.00 bits per heavy atom. The molecular weight excluding hydrogens is 406 g/mol. The molecule has 8 heteroatoms. The van der Waals surface area contributed by atoms with E-state index in [9.17, 15) is 14.4 Å². The second kappa shape index (κ2) is 9.73. The molecule has 0 aromatic heterocycles. The van der Waals surface area contributed by atoms with Crippen LogP contribution in [0.25, 0.3) is 0 Å². The van der Waals surface area contributed by atoms with Gasteiger partial charge in [-0.2, -0.15) is 0 Å². The minimum atomic E-state index is -0.452. The third kappa shape index (κ3) is 5.37. The van der Waals surface area contributed by atoms with Gasteiger partial charge in [-0.25, -0.2) is 4.79 Å². The number of amides is 2. The zero-order chi connectivity index (χ0) is 21.7. The lowest BCUT2D eigenvalue weighted by molar-refractivity contribution is -0.117. The number of halogens is 1. The minimum Gasteiger partial charge on any atom is -0.465 e. The average Bonchev–Trinajstić information content (AvgIpc) is 2.75. The number of esters is 1. The Balaban J connectivity index is 1.52. The van der Waals surface area contributed by atoms with Gasteiger partial charge in [0.15, 0.2) is 0 Å². The molecule has 1 aliphatic rings. The van der Waals surface area contributed by atoms with Crippen molar-refractivity contribution >= 4 is 35.1 Å². The number of anilines is 1. The lowest BCUT2D eigenvalue weighted by Crippen LogP contribution is -2.50. The van der Waals surface area contributed by atoms with Crippen LogP contribution in [0.1, 0.15) is 26.3 Å². The van der Waals surface area contributed by atoms with Gasteiger partial charge in [0.2, 0.25) is 5.91 Å². The number of piperazine rings is 1. The molecule has 1 saturated heterocycles. The topological polar surface area (TPSA) is 79.0 Å². The monoisotopic (exact) mass is 429 g/mol. The first kappa shape index (κ1) is 21.8. The molecule has 2 aromatic carbocycles. The van der Waals surface area contributed by atoms with Gasteiger partial charge in [0, 0.05) is 42.5 Å². The lowest BCUT2D eigenvalue weighted by Gasteiger charge is -2.34. The second-order valence-corrected chi connectivity index (χ2v) is 7.58. The molecule has 1 aliphatic heterocycles. The molecule has 30 heavy (non-hydrogen) atoms. The van der Waals surface area contributed by atoms with Crippen molar-refractivity contribution in [1.82, 2.24) is 9.80 Å². The summed E-state index contributed by atoms with van der Waals surface area (Å²) in [6.07, 6.45) is 0. The van der Waals surface area contributed by atoms with Crippen LogP contribution in [0.4, 0.5) is 5.69 Å². The van der Waals surface area contributed by atoms with Crippen LogP contribution in [0.2, 0.25) is 5.02 Å². The fourth-order valence-electron chi connectivity index (χ4n) is 3.28. The van der Waals surface area contributed by atoms with Gasteiger partial charge in [-0.1, -0.05) is 17.7 Å². The molecule has 2 aromatic rings. The number of carbonyl (C=O) groups excluding carboxylic acids is 3. The van der Waals surface area contributed by atoms with Gasteiger partial charge < -0.3 is 15.0 Å². The highest BCUT2D eigenvalue weighted by atomic mass is 35.5. The maximum absolute atomic E-state index is 12.6. The molecule has 1 N–H and O–H groups in total. The molecule has 0 atom stereocenters. The van der Waals surface area contributed by atoms with E-state index in [1.165, 1.54) is 7.11 Å². The van der Waals surface area contributed by atoms with Gasteiger partial charge >= 0.3 is 5.97 Å². The SMILES string of the molecule is COC(=O)c1ccc(C)c(NC(=O)CN2CCN(C(=O)c3ccc(Cl)cc3)CC2)c1. The van der Waals surface area contributed by atoms with Crippen molar-refractivity contribution < 1.29 is 19.1 Å². The van der Waals surface area contributed by atoms with Crippen LogP contribution < -0.4 is 5.32 Å². The van der Waals surface area contributed by atoms with Crippen LogP contribution >= 0.6 is 11.6 Å². The third-order valence-corrected chi connectivity index (χ3v) is 5.30. The van der Waals surface area contributed by atoms with E-state index >= 15 is 0 Å². The van der Waals surface area contributed by atoms with Crippen molar-refractivity contribution in [3.8, 4) is 0 Å². The van der Waals surface area contributed by atoms with Gasteiger partial charge in [0.25, 0.3) is 5.91 Å². The van der Waals surface area contributed by atoms with Crippen molar-refractivity contribution in [2.75, 3.05) is 45.2 Å². The Kier molecular flexibility index (Phi) is 7.07. The molecule has 0 spiro atoms. The largest absolute Gasteiger partial charge is 0.465 e. The van der Waals surface area contributed by atoms with E-state index in [1.807, 2.05) is 11.8 Å². The van der Waals surface area contributed by atoms with Crippen LogP contribution in [-0.2, 0) is 9.53 Å². The van der Waals surface area contributed by atoms with Crippen molar-refractivity contribution in [2.45, 2.75) is 6.92 Å². The fourth-order valence-corrected chi connectivity index (χ4v) is 3.40. The first-order chi connectivity index (χ1) is 14.4. The van der Waals surface area contributed by atoms with Gasteiger partial charge in [-0.15, -0.1) is 0 Å². The number of ether oxygens (including phenoxy) is 1. The van der Waals surface area contributed by atoms with Crippen molar-refractivity contribution in [1.29, 1.82) is 0 Å². The highest BCUT2D eigenvalue weighted by Gasteiger charge is 2.23. The molecule has 0 saturated carbocycles. The molecule has 158 valence electrons. The zero-order valence-corrected chi connectivity index (χ0v) is 17.7.